The molecule has 2 fully saturated rings. The Morgan fingerprint density at radius 3 is 2.79 bits per heavy atom. The highest BCUT2D eigenvalue weighted by Gasteiger charge is 2.33. The monoisotopic (exact) mass is 207 g/mol. The lowest BCUT2D eigenvalue weighted by Gasteiger charge is -2.25. The van der Waals surface area contributed by atoms with Gasteiger partial charge in [-0.2, -0.15) is 0 Å². The second kappa shape index (κ2) is 3.47. The molecule has 0 aromatic heterocycles. The smallest absolute Gasteiger partial charge is 0.147 e. The maximum atomic E-state index is 5.83. The molecule has 0 aliphatic carbocycles. The molecule has 74 valence electrons. The Morgan fingerprint density at radius 1 is 1.14 bits per heavy atom. The van der Waals surface area contributed by atoms with Crippen molar-refractivity contribution < 1.29 is 13.6 Å². The fraction of sp³-hybridized carbons (Fsp3) is 0.400. The first-order valence-electron chi connectivity index (χ1n) is 4.81. The van der Waals surface area contributed by atoms with Gasteiger partial charge in [-0.15, -0.1) is 5.19 Å². The summed E-state index contributed by atoms with van der Waals surface area (Å²) in [5, 5.41) is 1.16. The summed E-state index contributed by atoms with van der Waals surface area (Å²) in [5.41, 5.74) is 0. The lowest BCUT2D eigenvalue weighted by Crippen LogP contribution is -2.33. The van der Waals surface area contributed by atoms with Crippen LogP contribution in [-0.2, 0) is 13.6 Å². The van der Waals surface area contributed by atoms with Crippen LogP contribution >= 0.6 is 0 Å². The minimum Gasteiger partial charge on any atom is -0.535 e. The molecule has 0 unspecified atom stereocenters. The van der Waals surface area contributed by atoms with Crippen molar-refractivity contribution in [3.8, 4) is 0 Å². The highest BCUT2D eigenvalue weighted by atomic mass is 28.3. The zero-order valence-corrected chi connectivity index (χ0v) is 8.68. The fourth-order valence-electron chi connectivity index (χ4n) is 1.75. The van der Waals surface area contributed by atoms with Crippen molar-refractivity contribution in [1.29, 1.82) is 0 Å². The average molecular weight is 207 g/mol. The molecule has 4 heteroatoms. The van der Waals surface area contributed by atoms with Crippen LogP contribution in [0.2, 0.25) is 0 Å². The van der Waals surface area contributed by atoms with E-state index in [-0.39, 0.29) is 12.4 Å². The minimum atomic E-state index is -1.27. The number of ether oxygens (including phenoxy) is 1. The van der Waals surface area contributed by atoms with Crippen molar-refractivity contribution in [2.24, 2.45) is 0 Å². The van der Waals surface area contributed by atoms with Crippen molar-refractivity contribution in [2.75, 3.05) is 6.61 Å². The summed E-state index contributed by atoms with van der Waals surface area (Å²) in [7, 11) is -1.27. The van der Waals surface area contributed by atoms with Gasteiger partial charge in [0.1, 0.15) is 6.29 Å². The average Bonchev–Trinajstić information content (AvgIpc) is 2.78. The van der Waals surface area contributed by atoms with Crippen LogP contribution < -0.4 is 5.19 Å². The van der Waals surface area contributed by atoms with Crippen molar-refractivity contribution in [3.05, 3.63) is 30.3 Å². The summed E-state index contributed by atoms with van der Waals surface area (Å²) in [6.45, 7) is 0.763. The normalized spacial score (nSPS) is 30.7. The maximum Gasteiger partial charge on any atom is 0.147 e. The number of hydrogen-bond acceptors (Lipinski definition) is 3. The highest BCUT2D eigenvalue weighted by molar-refractivity contribution is 6.61. The quantitative estimate of drug-likeness (QED) is 0.629. The molecule has 3 nitrogen and oxygen atoms in total. The van der Waals surface area contributed by atoms with Crippen molar-refractivity contribution in [1.82, 2.24) is 0 Å². The molecule has 2 aliphatic rings. The molecule has 2 atom stereocenters. The van der Waals surface area contributed by atoms with Crippen LogP contribution in [0.4, 0.5) is 0 Å². The first-order valence-corrected chi connectivity index (χ1v) is 6.12. The molecule has 0 N–H and O–H groups in total. The predicted octanol–water partition coefficient (Wildman–Crippen LogP) is 0.544. The molecule has 0 saturated carbocycles. The Hall–Kier alpha value is -0.683. The second-order valence-corrected chi connectivity index (χ2v) is 5.08. The van der Waals surface area contributed by atoms with Gasteiger partial charge in [-0.3, -0.25) is 0 Å². The lowest BCUT2D eigenvalue weighted by atomic mass is 10.3. The van der Waals surface area contributed by atoms with Crippen molar-refractivity contribution in [3.63, 3.8) is 0 Å². The zero-order valence-electron chi connectivity index (χ0n) is 7.68. The Balaban J connectivity index is 1.77. The molecule has 14 heavy (non-hydrogen) atoms. The van der Waals surface area contributed by atoms with Gasteiger partial charge in [0.15, 0.2) is 0 Å². The van der Waals surface area contributed by atoms with E-state index in [1.807, 2.05) is 18.2 Å². The van der Waals surface area contributed by atoms with Gasteiger partial charge < -0.3 is 13.6 Å². The van der Waals surface area contributed by atoms with Crippen LogP contribution in [0.5, 0.6) is 0 Å². The van der Waals surface area contributed by atoms with E-state index in [4.69, 9.17) is 13.6 Å². The predicted molar refractivity (Wildman–Crippen MR) is 52.1 cm³/mol. The standard InChI is InChI=1S/C10H11O3Si/c1-2-4-8(5-3-1)14-12-9-6-7-11-10(9)13-14/h1-5,9-10H,6-7H2/q-1/t9-,10-/m1/s1. The number of hydrogen-bond donors (Lipinski definition) is 0. The van der Waals surface area contributed by atoms with Crippen molar-refractivity contribution >= 4 is 14.5 Å². The van der Waals surface area contributed by atoms with Crippen LogP contribution in [0, 0.1) is 0 Å². The number of benzene rings is 1. The molecule has 1 aromatic carbocycles. The van der Waals surface area contributed by atoms with Crippen LogP contribution in [-0.4, -0.2) is 28.3 Å². The molecule has 3 rings (SSSR count). The first kappa shape index (κ1) is 8.61. The van der Waals surface area contributed by atoms with E-state index in [2.05, 4.69) is 12.1 Å². The largest absolute Gasteiger partial charge is 0.535 e. The molecular weight excluding hydrogens is 196 g/mol. The molecular formula is C10H11O3Si-. The first-order chi connectivity index (χ1) is 6.93. The summed E-state index contributed by atoms with van der Waals surface area (Å²) in [5.74, 6) is 0. The zero-order chi connectivity index (χ0) is 9.38. The maximum absolute atomic E-state index is 5.83. The summed E-state index contributed by atoms with van der Waals surface area (Å²) >= 11 is 0. The third kappa shape index (κ3) is 1.40. The Kier molecular flexibility index (Phi) is 2.14. The third-order valence-corrected chi connectivity index (χ3v) is 4.25. The van der Waals surface area contributed by atoms with E-state index in [1.165, 1.54) is 0 Å². The van der Waals surface area contributed by atoms with E-state index in [0.29, 0.717) is 0 Å². The van der Waals surface area contributed by atoms with E-state index in [1.54, 1.807) is 0 Å². The van der Waals surface area contributed by atoms with E-state index in [0.717, 1.165) is 18.2 Å². The summed E-state index contributed by atoms with van der Waals surface area (Å²) < 4.78 is 17.0. The van der Waals surface area contributed by atoms with Crippen LogP contribution in [0.15, 0.2) is 30.3 Å². The van der Waals surface area contributed by atoms with Gasteiger partial charge in [0.25, 0.3) is 0 Å². The summed E-state index contributed by atoms with van der Waals surface area (Å²) in [4.78, 5) is 0. The topological polar surface area (TPSA) is 27.7 Å². The van der Waals surface area contributed by atoms with Gasteiger partial charge in [-0.1, -0.05) is 30.3 Å². The van der Waals surface area contributed by atoms with Gasteiger partial charge >= 0.3 is 0 Å². The molecule has 0 amide bonds. The third-order valence-electron chi connectivity index (χ3n) is 2.48. The van der Waals surface area contributed by atoms with Gasteiger partial charge in [0, 0.05) is 9.28 Å². The Labute approximate surface area is 84.4 Å². The number of fused-ring (bicyclic) bond motifs is 1. The number of rotatable bonds is 1. The van der Waals surface area contributed by atoms with Crippen LogP contribution in [0.3, 0.4) is 0 Å². The van der Waals surface area contributed by atoms with E-state index < -0.39 is 9.28 Å². The molecule has 2 heterocycles. The molecule has 1 aromatic rings. The minimum absolute atomic E-state index is 0.107. The Morgan fingerprint density at radius 2 is 2.00 bits per heavy atom. The van der Waals surface area contributed by atoms with Gasteiger partial charge in [0.2, 0.25) is 0 Å². The van der Waals surface area contributed by atoms with Crippen LogP contribution in [0.25, 0.3) is 0 Å². The van der Waals surface area contributed by atoms with Crippen molar-refractivity contribution in [2.45, 2.75) is 18.8 Å². The van der Waals surface area contributed by atoms with E-state index in [9.17, 15) is 0 Å². The fourth-order valence-corrected chi connectivity index (χ4v) is 3.48. The summed E-state index contributed by atoms with van der Waals surface area (Å²) in [6, 6.07) is 10.1. The van der Waals surface area contributed by atoms with Gasteiger partial charge in [-0.05, 0) is 6.42 Å². The molecule has 0 spiro atoms. The molecule has 0 bridgehead atoms. The second-order valence-electron chi connectivity index (χ2n) is 3.46. The Bertz CT molecular complexity index is 304. The lowest BCUT2D eigenvalue weighted by molar-refractivity contribution is -0.0404. The van der Waals surface area contributed by atoms with Crippen LogP contribution in [0.1, 0.15) is 6.42 Å². The molecule has 0 radical (unpaired) electrons. The molecule has 2 aliphatic heterocycles. The SMILES string of the molecule is c1ccc([Si-]2O[C@H]3OCC[C@H]3O2)cc1. The summed E-state index contributed by atoms with van der Waals surface area (Å²) in [6.07, 6.45) is 1.03. The highest BCUT2D eigenvalue weighted by Crippen LogP contribution is 2.25. The van der Waals surface area contributed by atoms with Gasteiger partial charge in [-0.25, -0.2) is 0 Å². The van der Waals surface area contributed by atoms with Gasteiger partial charge in [0.05, 0.1) is 12.7 Å². The van der Waals surface area contributed by atoms with E-state index >= 15 is 0 Å². The molecule has 2 saturated heterocycles.